The Morgan fingerprint density at radius 3 is 2.12 bits per heavy atom. The van der Waals surface area contributed by atoms with E-state index in [1.165, 1.54) is 0 Å². The Hall–Kier alpha value is -1.10. The fourth-order valence-corrected chi connectivity index (χ4v) is 1.81. The summed E-state index contributed by atoms with van der Waals surface area (Å²) in [5.41, 5.74) is 5.01. The van der Waals surface area contributed by atoms with E-state index in [0.717, 1.165) is 0 Å². The van der Waals surface area contributed by atoms with Gasteiger partial charge in [0.2, 0.25) is 5.91 Å². The summed E-state index contributed by atoms with van der Waals surface area (Å²) in [7, 11) is 0. The number of amides is 1. The molecule has 1 amide bonds. The normalized spacial score (nSPS) is 13.2. The van der Waals surface area contributed by atoms with Gasteiger partial charge in [0.25, 0.3) is 0 Å². The molecule has 100 valence electrons. The molecule has 0 aromatic carbocycles. The first-order chi connectivity index (χ1) is 7.97. The van der Waals surface area contributed by atoms with Crippen LogP contribution >= 0.6 is 0 Å². The molecule has 0 spiro atoms. The molecule has 0 radical (unpaired) electrons. The van der Waals surface area contributed by atoms with Gasteiger partial charge in [0.05, 0.1) is 5.41 Å². The number of carboxylic acid groups (broad SMARTS) is 1. The maximum Gasteiger partial charge on any atom is 0.326 e. The molecule has 1 unspecified atom stereocenters. The Bertz CT molecular complexity index is 254. The molecular weight excluding hydrogens is 220 g/mol. The Morgan fingerprint density at radius 1 is 1.29 bits per heavy atom. The van der Waals surface area contributed by atoms with Crippen molar-refractivity contribution >= 4 is 11.9 Å². The Labute approximate surface area is 103 Å². The minimum atomic E-state index is -0.988. The van der Waals surface area contributed by atoms with Crippen molar-refractivity contribution in [2.75, 3.05) is 6.54 Å². The zero-order valence-corrected chi connectivity index (χ0v) is 11.0. The van der Waals surface area contributed by atoms with Gasteiger partial charge in [-0.15, -0.1) is 0 Å². The average molecular weight is 244 g/mol. The lowest BCUT2D eigenvalue weighted by Crippen LogP contribution is -2.51. The summed E-state index contributed by atoms with van der Waals surface area (Å²) < 4.78 is 0. The molecule has 0 aliphatic heterocycles. The van der Waals surface area contributed by atoms with Crippen molar-refractivity contribution in [2.45, 2.75) is 52.5 Å². The first kappa shape index (κ1) is 15.9. The number of carboxylic acids is 1. The fourth-order valence-electron chi connectivity index (χ4n) is 1.81. The highest BCUT2D eigenvalue weighted by Crippen LogP contribution is 2.25. The quantitative estimate of drug-likeness (QED) is 0.596. The lowest BCUT2D eigenvalue weighted by molar-refractivity contribution is -0.144. The van der Waals surface area contributed by atoms with Crippen molar-refractivity contribution in [1.82, 2.24) is 5.32 Å². The van der Waals surface area contributed by atoms with E-state index in [9.17, 15) is 9.59 Å². The zero-order chi connectivity index (χ0) is 13.5. The number of carbonyl (C=O) groups is 2. The second-order valence-electron chi connectivity index (χ2n) is 4.34. The van der Waals surface area contributed by atoms with E-state index in [1.54, 1.807) is 0 Å². The van der Waals surface area contributed by atoms with Crippen LogP contribution in [-0.4, -0.2) is 29.6 Å². The van der Waals surface area contributed by atoms with Crippen LogP contribution in [-0.2, 0) is 9.59 Å². The molecule has 0 aromatic rings. The van der Waals surface area contributed by atoms with E-state index >= 15 is 0 Å². The maximum atomic E-state index is 12.1. The van der Waals surface area contributed by atoms with Gasteiger partial charge in [0.15, 0.2) is 0 Å². The predicted molar refractivity (Wildman–Crippen MR) is 66.5 cm³/mol. The van der Waals surface area contributed by atoms with Crippen molar-refractivity contribution in [3.8, 4) is 0 Å². The number of aliphatic carboxylic acids is 1. The molecule has 0 saturated heterocycles. The predicted octanol–water partition coefficient (Wildman–Crippen LogP) is 1.12. The number of carbonyl (C=O) groups excluding carboxylic acids is 1. The minimum absolute atomic E-state index is 0.240. The van der Waals surface area contributed by atoms with Crippen molar-refractivity contribution in [2.24, 2.45) is 11.1 Å². The van der Waals surface area contributed by atoms with Crippen molar-refractivity contribution in [1.29, 1.82) is 0 Å². The van der Waals surface area contributed by atoms with Gasteiger partial charge in [-0.25, -0.2) is 4.79 Å². The van der Waals surface area contributed by atoms with E-state index in [2.05, 4.69) is 5.32 Å². The first-order valence-corrected chi connectivity index (χ1v) is 6.21. The molecule has 0 aromatic heterocycles. The van der Waals surface area contributed by atoms with Gasteiger partial charge in [-0.05, 0) is 19.3 Å². The maximum absolute atomic E-state index is 12.1. The lowest BCUT2D eigenvalue weighted by Gasteiger charge is -2.30. The number of hydrogen-bond donors (Lipinski definition) is 3. The van der Waals surface area contributed by atoms with E-state index < -0.39 is 17.4 Å². The molecular formula is C12H24N2O3. The summed E-state index contributed by atoms with van der Waals surface area (Å²) in [6.07, 6.45) is 2.38. The second-order valence-corrected chi connectivity index (χ2v) is 4.34. The Balaban J connectivity index is 4.73. The van der Waals surface area contributed by atoms with Crippen molar-refractivity contribution < 1.29 is 14.7 Å². The minimum Gasteiger partial charge on any atom is -0.480 e. The lowest BCUT2D eigenvalue weighted by atomic mass is 9.81. The summed E-state index contributed by atoms with van der Waals surface area (Å²) in [6.45, 7) is 5.92. The van der Waals surface area contributed by atoms with Crippen LogP contribution in [0, 0.1) is 5.41 Å². The molecule has 0 rings (SSSR count). The standard InChI is InChI=1S/C12H24N2O3/c1-4-7-9(10(15)16)14-11(17)12(5-2,6-3)8-13/h9H,4-8,13H2,1-3H3,(H,14,17)(H,15,16). The van der Waals surface area contributed by atoms with Crippen LogP contribution in [0.2, 0.25) is 0 Å². The summed E-state index contributed by atoms with van der Waals surface area (Å²) in [5.74, 6) is -1.23. The number of hydrogen-bond acceptors (Lipinski definition) is 3. The smallest absolute Gasteiger partial charge is 0.326 e. The third-order valence-electron chi connectivity index (χ3n) is 3.41. The summed E-state index contributed by atoms with van der Waals surface area (Å²) in [5, 5.41) is 11.6. The molecule has 5 heteroatoms. The van der Waals surface area contributed by atoms with Crippen LogP contribution in [0.25, 0.3) is 0 Å². The topological polar surface area (TPSA) is 92.4 Å². The Morgan fingerprint density at radius 2 is 1.82 bits per heavy atom. The van der Waals surface area contributed by atoms with Gasteiger partial charge in [-0.3, -0.25) is 4.79 Å². The summed E-state index contributed by atoms with van der Waals surface area (Å²) >= 11 is 0. The number of nitrogens with two attached hydrogens (primary N) is 1. The van der Waals surface area contributed by atoms with Crippen molar-refractivity contribution in [3.05, 3.63) is 0 Å². The van der Waals surface area contributed by atoms with Gasteiger partial charge in [0.1, 0.15) is 6.04 Å². The molecule has 17 heavy (non-hydrogen) atoms. The molecule has 0 saturated carbocycles. The number of rotatable bonds is 8. The van der Waals surface area contributed by atoms with E-state index in [4.69, 9.17) is 10.8 Å². The first-order valence-electron chi connectivity index (χ1n) is 6.21. The van der Waals surface area contributed by atoms with Crippen LogP contribution < -0.4 is 11.1 Å². The van der Waals surface area contributed by atoms with Crippen LogP contribution in [0.5, 0.6) is 0 Å². The van der Waals surface area contributed by atoms with Crippen LogP contribution in [0.4, 0.5) is 0 Å². The van der Waals surface area contributed by atoms with E-state index in [0.29, 0.717) is 25.7 Å². The van der Waals surface area contributed by atoms with Gasteiger partial charge in [-0.2, -0.15) is 0 Å². The van der Waals surface area contributed by atoms with Crippen LogP contribution in [0.15, 0.2) is 0 Å². The fraction of sp³-hybridized carbons (Fsp3) is 0.833. The van der Waals surface area contributed by atoms with Crippen molar-refractivity contribution in [3.63, 3.8) is 0 Å². The van der Waals surface area contributed by atoms with E-state index in [-0.39, 0.29) is 12.5 Å². The third-order valence-corrected chi connectivity index (χ3v) is 3.41. The van der Waals surface area contributed by atoms with Crippen LogP contribution in [0.3, 0.4) is 0 Å². The molecule has 0 heterocycles. The molecule has 0 fully saturated rings. The highest BCUT2D eigenvalue weighted by atomic mass is 16.4. The van der Waals surface area contributed by atoms with Gasteiger partial charge < -0.3 is 16.2 Å². The van der Waals surface area contributed by atoms with Crippen LogP contribution in [0.1, 0.15) is 46.5 Å². The van der Waals surface area contributed by atoms with Gasteiger partial charge >= 0.3 is 5.97 Å². The molecule has 1 atom stereocenters. The summed E-state index contributed by atoms with van der Waals surface area (Å²) in [4.78, 5) is 23.1. The second kappa shape index (κ2) is 7.27. The molecule has 4 N–H and O–H groups in total. The average Bonchev–Trinajstić information content (AvgIpc) is 2.31. The molecule has 5 nitrogen and oxygen atoms in total. The highest BCUT2D eigenvalue weighted by Gasteiger charge is 2.35. The molecule has 0 aliphatic carbocycles. The number of nitrogens with one attached hydrogen (secondary N) is 1. The third kappa shape index (κ3) is 4.00. The Kier molecular flexibility index (Phi) is 6.80. The largest absolute Gasteiger partial charge is 0.480 e. The highest BCUT2D eigenvalue weighted by molar-refractivity contribution is 5.87. The molecule has 0 aliphatic rings. The van der Waals surface area contributed by atoms with Gasteiger partial charge in [0, 0.05) is 6.54 Å². The monoisotopic (exact) mass is 244 g/mol. The molecule has 0 bridgehead atoms. The summed E-state index contributed by atoms with van der Waals surface area (Å²) in [6, 6.07) is -0.809. The van der Waals surface area contributed by atoms with E-state index in [1.807, 2.05) is 20.8 Å². The van der Waals surface area contributed by atoms with Gasteiger partial charge in [-0.1, -0.05) is 27.2 Å². The SMILES string of the molecule is CCCC(NC(=O)C(CC)(CC)CN)C(=O)O. The zero-order valence-electron chi connectivity index (χ0n) is 11.0.